The number of nitrogens with two attached hydrogens (primary N) is 1. The van der Waals surface area contributed by atoms with Crippen molar-refractivity contribution in [3.05, 3.63) is 84.6 Å². The molecular formula is C19H18N4. The second-order valence-corrected chi connectivity index (χ2v) is 5.11. The number of hydrogen-bond acceptors (Lipinski definition) is 2. The van der Waals surface area contributed by atoms with Crippen LogP contribution in [0.4, 0.5) is 5.69 Å². The van der Waals surface area contributed by atoms with E-state index in [1.54, 1.807) is 6.20 Å². The van der Waals surface area contributed by atoms with E-state index in [9.17, 15) is 0 Å². The van der Waals surface area contributed by atoms with Crippen LogP contribution in [0.5, 0.6) is 0 Å². The topological polar surface area (TPSA) is 63.3 Å². The third-order valence-electron chi connectivity index (χ3n) is 3.37. The van der Waals surface area contributed by atoms with Gasteiger partial charge in [0.15, 0.2) is 5.96 Å². The van der Waals surface area contributed by atoms with E-state index in [1.165, 1.54) is 0 Å². The van der Waals surface area contributed by atoms with Crippen molar-refractivity contribution in [2.24, 2.45) is 10.7 Å². The molecule has 0 atom stereocenters. The molecule has 0 saturated carbocycles. The largest absolute Gasteiger partial charge is 0.370 e. The standard InChI is InChI=1S/C19H18N4/c20-19(23-17-9-2-1-3-10-17)22-14-15-7-6-8-16(13-15)18-11-4-5-12-21-18/h1-13H,14H2,(H3,20,22,23). The fraction of sp³-hybridized carbons (Fsp3) is 0.0526. The number of benzene rings is 2. The van der Waals surface area contributed by atoms with Crippen LogP contribution in [-0.4, -0.2) is 10.9 Å². The van der Waals surface area contributed by atoms with Crippen LogP contribution in [0.2, 0.25) is 0 Å². The summed E-state index contributed by atoms with van der Waals surface area (Å²) < 4.78 is 0. The minimum atomic E-state index is 0.402. The first-order valence-corrected chi connectivity index (χ1v) is 7.43. The van der Waals surface area contributed by atoms with E-state index in [1.807, 2.05) is 66.7 Å². The third-order valence-corrected chi connectivity index (χ3v) is 3.37. The average molecular weight is 302 g/mol. The first-order chi connectivity index (χ1) is 11.3. The number of aromatic nitrogens is 1. The van der Waals surface area contributed by atoms with Gasteiger partial charge in [0.25, 0.3) is 0 Å². The smallest absolute Gasteiger partial charge is 0.193 e. The molecule has 1 heterocycles. The van der Waals surface area contributed by atoms with Gasteiger partial charge in [0, 0.05) is 17.4 Å². The molecule has 0 bridgehead atoms. The maximum atomic E-state index is 5.93. The molecule has 3 N–H and O–H groups in total. The molecule has 0 aliphatic carbocycles. The van der Waals surface area contributed by atoms with Crippen molar-refractivity contribution in [3.8, 4) is 11.3 Å². The van der Waals surface area contributed by atoms with Crippen molar-refractivity contribution in [2.75, 3.05) is 5.32 Å². The highest BCUT2D eigenvalue weighted by atomic mass is 15.1. The van der Waals surface area contributed by atoms with E-state index in [0.717, 1.165) is 22.5 Å². The summed E-state index contributed by atoms with van der Waals surface area (Å²) in [7, 11) is 0. The monoisotopic (exact) mass is 302 g/mol. The Balaban J connectivity index is 1.70. The van der Waals surface area contributed by atoms with Gasteiger partial charge >= 0.3 is 0 Å². The highest BCUT2D eigenvalue weighted by molar-refractivity contribution is 5.92. The minimum absolute atomic E-state index is 0.402. The zero-order valence-corrected chi connectivity index (χ0v) is 12.7. The molecule has 0 spiro atoms. The fourth-order valence-corrected chi connectivity index (χ4v) is 2.25. The second kappa shape index (κ2) is 7.22. The van der Waals surface area contributed by atoms with E-state index < -0.39 is 0 Å². The zero-order chi connectivity index (χ0) is 15.9. The molecule has 1 aromatic heterocycles. The lowest BCUT2D eigenvalue weighted by molar-refractivity contribution is 1.06. The summed E-state index contributed by atoms with van der Waals surface area (Å²) in [6.45, 7) is 0.520. The van der Waals surface area contributed by atoms with Crippen LogP contribution in [0.1, 0.15) is 5.56 Å². The number of para-hydroxylation sites is 1. The van der Waals surface area contributed by atoms with E-state index >= 15 is 0 Å². The number of pyridine rings is 1. The number of aliphatic imine (C=N–C) groups is 1. The Morgan fingerprint density at radius 3 is 2.57 bits per heavy atom. The summed E-state index contributed by atoms with van der Waals surface area (Å²) >= 11 is 0. The van der Waals surface area contributed by atoms with Crippen LogP contribution in [0, 0.1) is 0 Å². The molecule has 0 radical (unpaired) electrons. The van der Waals surface area contributed by atoms with Crippen molar-refractivity contribution in [3.63, 3.8) is 0 Å². The molecule has 23 heavy (non-hydrogen) atoms. The van der Waals surface area contributed by atoms with Crippen molar-refractivity contribution in [1.82, 2.24) is 4.98 Å². The van der Waals surface area contributed by atoms with Gasteiger partial charge in [-0.15, -0.1) is 0 Å². The molecule has 3 rings (SSSR count). The van der Waals surface area contributed by atoms with Gasteiger partial charge in [0.2, 0.25) is 0 Å². The molecule has 0 amide bonds. The number of nitrogens with one attached hydrogen (secondary N) is 1. The van der Waals surface area contributed by atoms with Gasteiger partial charge < -0.3 is 11.1 Å². The summed E-state index contributed by atoms with van der Waals surface area (Å²) in [5.41, 5.74) is 9.97. The predicted octanol–water partition coefficient (Wildman–Crippen LogP) is 3.68. The maximum Gasteiger partial charge on any atom is 0.193 e. The van der Waals surface area contributed by atoms with Crippen LogP contribution in [0.15, 0.2) is 84.0 Å². The fourth-order valence-electron chi connectivity index (χ4n) is 2.25. The lowest BCUT2D eigenvalue weighted by atomic mass is 10.1. The normalized spacial score (nSPS) is 11.2. The second-order valence-electron chi connectivity index (χ2n) is 5.11. The van der Waals surface area contributed by atoms with Crippen molar-refractivity contribution in [1.29, 1.82) is 0 Å². The number of nitrogens with zero attached hydrogens (tertiary/aromatic N) is 2. The van der Waals surface area contributed by atoms with E-state index in [2.05, 4.69) is 21.4 Å². The van der Waals surface area contributed by atoms with Crippen LogP contribution in [0.3, 0.4) is 0 Å². The van der Waals surface area contributed by atoms with Gasteiger partial charge in [0.1, 0.15) is 0 Å². The molecule has 114 valence electrons. The lowest BCUT2D eigenvalue weighted by Gasteiger charge is -2.06. The van der Waals surface area contributed by atoms with E-state index in [4.69, 9.17) is 5.73 Å². The Kier molecular flexibility index (Phi) is 4.64. The quantitative estimate of drug-likeness (QED) is 0.571. The van der Waals surface area contributed by atoms with Gasteiger partial charge in [-0.2, -0.15) is 0 Å². The summed E-state index contributed by atoms with van der Waals surface area (Å²) in [4.78, 5) is 8.76. The van der Waals surface area contributed by atoms with Crippen LogP contribution in [-0.2, 0) is 6.54 Å². The number of hydrogen-bond donors (Lipinski definition) is 2. The van der Waals surface area contributed by atoms with E-state index in [0.29, 0.717) is 12.5 Å². The first kappa shape index (κ1) is 14.8. The van der Waals surface area contributed by atoms with Gasteiger partial charge in [-0.1, -0.05) is 42.5 Å². The molecule has 0 fully saturated rings. The molecule has 0 saturated heterocycles. The number of guanidine groups is 1. The molecular weight excluding hydrogens is 284 g/mol. The van der Waals surface area contributed by atoms with Gasteiger partial charge in [-0.05, 0) is 35.9 Å². The summed E-state index contributed by atoms with van der Waals surface area (Å²) in [5.74, 6) is 0.402. The molecule has 4 nitrogen and oxygen atoms in total. The molecule has 4 heteroatoms. The zero-order valence-electron chi connectivity index (χ0n) is 12.7. The highest BCUT2D eigenvalue weighted by Gasteiger charge is 2.00. The Morgan fingerprint density at radius 1 is 0.957 bits per heavy atom. The summed E-state index contributed by atoms with van der Waals surface area (Å²) in [5, 5.41) is 3.07. The van der Waals surface area contributed by atoms with Crippen LogP contribution in [0.25, 0.3) is 11.3 Å². The van der Waals surface area contributed by atoms with Gasteiger partial charge in [0.05, 0.1) is 12.2 Å². The molecule has 2 aromatic carbocycles. The molecule has 3 aromatic rings. The lowest BCUT2D eigenvalue weighted by Crippen LogP contribution is -2.22. The SMILES string of the molecule is NC(=NCc1cccc(-c2ccccn2)c1)Nc1ccccc1. The van der Waals surface area contributed by atoms with Crippen LogP contribution >= 0.6 is 0 Å². The Bertz CT molecular complexity index is 783. The highest BCUT2D eigenvalue weighted by Crippen LogP contribution is 2.18. The minimum Gasteiger partial charge on any atom is -0.370 e. The van der Waals surface area contributed by atoms with Crippen molar-refractivity contribution in [2.45, 2.75) is 6.54 Å². The maximum absolute atomic E-state index is 5.93. The number of rotatable bonds is 4. The van der Waals surface area contributed by atoms with Gasteiger partial charge in [-0.3, -0.25) is 4.98 Å². The summed E-state index contributed by atoms with van der Waals surface area (Å²) in [6, 6.07) is 23.8. The van der Waals surface area contributed by atoms with E-state index in [-0.39, 0.29) is 0 Å². The molecule has 0 aliphatic rings. The molecule has 0 unspecified atom stereocenters. The Morgan fingerprint density at radius 2 is 1.78 bits per heavy atom. The Hall–Kier alpha value is -3.14. The first-order valence-electron chi connectivity index (χ1n) is 7.43. The third kappa shape index (κ3) is 4.17. The predicted molar refractivity (Wildman–Crippen MR) is 95.1 cm³/mol. The van der Waals surface area contributed by atoms with Crippen molar-refractivity contribution >= 4 is 11.6 Å². The van der Waals surface area contributed by atoms with Crippen LogP contribution < -0.4 is 11.1 Å². The van der Waals surface area contributed by atoms with Crippen molar-refractivity contribution < 1.29 is 0 Å². The number of anilines is 1. The average Bonchev–Trinajstić information content (AvgIpc) is 2.62. The Labute approximate surface area is 135 Å². The summed E-state index contributed by atoms with van der Waals surface area (Å²) in [6.07, 6.45) is 1.79. The molecule has 0 aliphatic heterocycles. The van der Waals surface area contributed by atoms with Gasteiger partial charge in [-0.25, -0.2) is 4.99 Å².